The first-order valence-corrected chi connectivity index (χ1v) is 11.7. The van der Waals surface area contributed by atoms with E-state index in [1.165, 1.54) is 53.8 Å². The molecule has 4 aliphatic carbocycles. The van der Waals surface area contributed by atoms with Crippen molar-refractivity contribution in [3.8, 4) is 0 Å². The molecule has 0 aliphatic heterocycles. The third-order valence-electron chi connectivity index (χ3n) is 8.89. The van der Waals surface area contributed by atoms with E-state index in [1.54, 1.807) is 0 Å². The molecule has 0 N–H and O–H groups in total. The number of allylic oxidation sites excluding steroid dienone is 2. The third-order valence-corrected chi connectivity index (χ3v) is 9.31. The largest absolute Gasteiger partial charge is 0.241 e. The number of aromatic nitrogens is 2. The lowest BCUT2D eigenvalue weighted by molar-refractivity contribution is 0.0170. The summed E-state index contributed by atoms with van der Waals surface area (Å²) >= 11 is 12.5. The van der Waals surface area contributed by atoms with E-state index in [4.69, 9.17) is 28.2 Å². The van der Waals surface area contributed by atoms with E-state index < -0.39 is 0 Å². The summed E-state index contributed by atoms with van der Waals surface area (Å²) in [5.74, 6) is 2.12. The molecule has 29 heavy (non-hydrogen) atoms. The van der Waals surface area contributed by atoms with Gasteiger partial charge >= 0.3 is 0 Å². The van der Waals surface area contributed by atoms with E-state index in [1.807, 2.05) is 12.1 Å². The molecule has 0 radical (unpaired) electrons. The Bertz CT molecular complexity index is 1060. The third kappa shape index (κ3) is 2.42. The average molecular weight is 425 g/mol. The van der Waals surface area contributed by atoms with E-state index in [9.17, 15) is 0 Å². The molecule has 0 aromatic carbocycles. The van der Waals surface area contributed by atoms with Crippen LogP contribution in [0, 0.1) is 23.2 Å². The summed E-state index contributed by atoms with van der Waals surface area (Å²) in [6, 6.07) is 8.36. The van der Waals surface area contributed by atoms with Gasteiger partial charge in [-0.2, -0.15) is 0 Å². The number of pyridine rings is 2. The summed E-state index contributed by atoms with van der Waals surface area (Å²) in [5, 5.41) is 1.26. The van der Waals surface area contributed by atoms with Crippen LogP contribution < -0.4 is 0 Å². The minimum Gasteiger partial charge on any atom is -0.241 e. The highest BCUT2D eigenvalue weighted by atomic mass is 35.5. The van der Waals surface area contributed by atoms with Crippen molar-refractivity contribution < 1.29 is 0 Å². The molecule has 6 rings (SSSR count). The lowest BCUT2D eigenvalue weighted by Crippen LogP contribution is -2.50. The number of rotatable bonds is 0. The van der Waals surface area contributed by atoms with Crippen LogP contribution in [-0.2, 0) is 18.3 Å². The summed E-state index contributed by atoms with van der Waals surface area (Å²) in [6.07, 6.45) is 9.57. The zero-order valence-electron chi connectivity index (χ0n) is 17.0. The fourth-order valence-electron chi connectivity index (χ4n) is 7.47. The van der Waals surface area contributed by atoms with Crippen molar-refractivity contribution in [1.29, 1.82) is 0 Å². The van der Waals surface area contributed by atoms with Crippen molar-refractivity contribution in [2.75, 3.05) is 0 Å². The van der Waals surface area contributed by atoms with Crippen molar-refractivity contribution in [1.82, 2.24) is 9.97 Å². The monoisotopic (exact) mass is 424 g/mol. The van der Waals surface area contributed by atoms with Gasteiger partial charge in [-0.15, -0.1) is 0 Å². The molecule has 1 fully saturated rings. The first-order valence-electron chi connectivity index (χ1n) is 10.9. The molecule has 1 saturated carbocycles. The molecular weight excluding hydrogens is 399 g/mol. The molecule has 0 amide bonds. The van der Waals surface area contributed by atoms with Gasteiger partial charge in [-0.1, -0.05) is 49.2 Å². The predicted molar refractivity (Wildman–Crippen MR) is 118 cm³/mol. The molecule has 4 heteroatoms. The summed E-state index contributed by atoms with van der Waals surface area (Å²) < 4.78 is 0. The fraction of sp³-hybridized carbons (Fsp3) is 0.520. The SMILES string of the molecule is C[C@]12CCc3nc(Cl)ccc3C1=CC[C@@H]1[C@@H]2CC[C@]2(C)c3nc(Cl)ccc3C[C@@H]12. The second kappa shape index (κ2) is 6.08. The van der Waals surface area contributed by atoms with Crippen LogP contribution in [0.1, 0.15) is 62.0 Å². The highest BCUT2D eigenvalue weighted by Crippen LogP contribution is 2.64. The van der Waals surface area contributed by atoms with Gasteiger partial charge in [-0.3, -0.25) is 0 Å². The van der Waals surface area contributed by atoms with E-state index in [2.05, 4.69) is 37.0 Å². The number of fused-ring (bicyclic) bond motifs is 9. The first kappa shape index (κ1) is 18.4. The average Bonchev–Trinajstić information content (AvgIpc) is 3.00. The molecule has 2 heterocycles. The van der Waals surface area contributed by atoms with Crippen molar-refractivity contribution in [3.05, 3.63) is 63.2 Å². The molecule has 4 aliphatic rings. The van der Waals surface area contributed by atoms with Crippen molar-refractivity contribution in [2.24, 2.45) is 23.2 Å². The van der Waals surface area contributed by atoms with Crippen LogP contribution in [0.5, 0.6) is 0 Å². The van der Waals surface area contributed by atoms with Gasteiger partial charge in [0.25, 0.3) is 0 Å². The van der Waals surface area contributed by atoms with Gasteiger partial charge in [0, 0.05) is 11.1 Å². The smallest absolute Gasteiger partial charge is 0.129 e. The lowest BCUT2D eigenvalue weighted by atomic mass is 9.48. The van der Waals surface area contributed by atoms with Gasteiger partial charge < -0.3 is 0 Å². The minimum atomic E-state index is 0.171. The predicted octanol–water partition coefficient (Wildman–Crippen LogP) is 6.68. The molecule has 2 nitrogen and oxygen atoms in total. The van der Waals surface area contributed by atoms with E-state index in [0.29, 0.717) is 16.2 Å². The van der Waals surface area contributed by atoms with Crippen molar-refractivity contribution in [3.63, 3.8) is 0 Å². The zero-order valence-corrected chi connectivity index (χ0v) is 18.5. The second-order valence-electron chi connectivity index (χ2n) is 10.1. The highest BCUT2D eigenvalue weighted by Gasteiger charge is 2.58. The Kier molecular flexibility index (Phi) is 3.85. The van der Waals surface area contributed by atoms with E-state index >= 15 is 0 Å². The standard InChI is InChI=1S/C25H26Cl2N2/c1-24-12-10-20-16(5-8-21(26)28-20)17(24)6-4-15-18(24)9-11-25(2)19(15)13-14-3-7-22(27)29-23(14)25/h3,5-8,15,18-19H,4,9-13H2,1-2H3/t15-,18+,19+,24+,25+/m1/s1. The Morgan fingerprint density at radius 2 is 1.72 bits per heavy atom. The number of hydrogen-bond donors (Lipinski definition) is 0. The second-order valence-corrected chi connectivity index (χ2v) is 10.9. The van der Waals surface area contributed by atoms with Gasteiger partial charge in [0.15, 0.2) is 0 Å². The van der Waals surface area contributed by atoms with Gasteiger partial charge in [0.1, 0.15) is 10.3 Å². The van der Waals surface area contributed by atoms with Gasteiger partial charge in [-0.05, 0) is 96.6 Å². The topological polar surface area (TPSA) is 25.8 Å². The van der Waals surface area contributed by atoms with Gasteiger partial charge in [-0.25, -0.2) is 9.97 Å². The maximum Gasteiger partial charge on any atom is 0.129 e. The maximum atomic E-state index is 6.29. The van der Waals surface area contributed by atoms with Crippen LogP contribution in [0.25, 0.3) is 5.57 Å². The zero-order chi connectivity index (χ0) is 20.0. The molecule has 5 atom stereocenters. The summed E-state index contributed by atoms with van der Waals surface area (Å²) in [4.78, 5) is 9.46. The Balaban J connectivity index is 1.42. The molecule has 0 bridgehead atoms. The molecule has 150 valence electrons. The maximum absolute atomic E-state index is 6.29. The molecule has 0 unspecified atom stereocenters. The van der Waals surface area contributed by atoms with E-state index in [-0.39, 0.29) is 10.8 Å². The number of aryl methyl sites for hydroxylation is 1. The quantitative estimate of drug-likeness (QED) is 0.440. The lowest BCUT2D eigenvalue weighted by Gasteiger charge is -2.56. The Morgan fingerprint density at radius 1 is 0.931 bits per heavy atom. The number of hydrogen-bond acceptors (Lipinski definition) is 2. The molecule has 0 spiro atoms. The van der Waals surface area contributed by atoms with Crippen molar-refractivity contribution >= 4 is 28.8 Å². The molecular formula is C25H26Cl2N2. The summed E-state index contributed by atoms with van der Waals surface area (Å²) in [6.45, 7) is 4.97. The number of nitrogens with zero attached hydrogens (tertiary/aromatic N) is 2. The highest BCUT2D eigenvalue weighted by molar-refractivity contribution is 6.29. The Hall–Kier alpha value is -1.38. The summed E-state index contributed by atoms with van der Waals surface area (Å²) in [7, 11) is 0. The Labute approximate surface area is 182 Å². The molecule has 2 aromatic heterocycles. The molecule has 0 saturated heterocycles. The van der Waals surface area contributed by atoms with Crippen molar-refractivity contribution in [2.45, 2.75) is 57.8 Å². The molecule has 2 aromatic rings. The van der Waals surface area contributed by atoms with Gasteiger partial charge in [0.05, 0.1) is 5.69 Å². The van der Waals surface area contributed by atoms with E-state index in [0.717, 1.165) is 24.7 Å². The Morgan fingerprint density at radius 3 is 2.59 bits per heavy atom. The van der Waals surface area contributed by atoms with Crippen LogP contribution in [0.4, 0.5) is 0 Å². The van der Waals surface area contributed by atoms with Crippen LogP contribution >= 0.6 is 23.2 Å². The van der Waals surface area contributed by atoms with Crippen LogP contribution in [-0.4, -0.2) is 9.97 Å². The van der Waals surface area contributed by atoms with Crippen LogP contribution in [0.2, 0.25) is 10.3 Å². The minimum absolute atomic E-state index is 0.171. The normalized spacial score (nSPS) is 37.0. The van der Waals surface area contributed by atoms with Crippen LogP contribution in [0.15, 0.2) is 30.3 Å². The fourth-order valence-corrected chi connectivity index (χ4v) is 7.78. The summed E-state index contributed by atoms with van der Waals surface area (Å²) in [5.41, 5.74) is 7.18. The number of halogens is 2. The van der Waals surface area contributed by atoms with Crippen LogP contribution in [0.3, 0.4) is 0 Å². The van der Waals surface area contributed by atoms with Gasteiger partial charge in [0.2, 0.25) is 0 Å². The first-order chi connectivity index (χ1) is 13.9.